The maximum atomic E-state index is 5.67. The van der Waals surface area contributed by atoms with Crippen molar-refractivity contribution in [2.45, 2.75) is 24.2 Å². The highest BCUT2D eigenvalue weighted by Gasteiger charge is 2.20. The molecule has 4 nitrogen and oxygen atoms in total. The predicted molar refractivity (Wildman–Crippen MR) is 92.1 cm³/mol. The Labute approximate surface area is 136 Å². The molecule has 1 saturated heterocycles. The molecule has 1 aromatic carbocycles. The molecule has 0 unspecified atom stereocenters. The molecule has 3 rings (SSSR count). The third-order valence-electron chi connectivity index (χ3n) is 4.30. The highest BCUT2D eigenvalue weighted by Crippen LogP contribution is 2.35. The summed E-state index contributed by atoms with van der Waals surface area (Å²) in [6.07, 6.45) is 5.48. The minimum atomic E-state index is 0.696. The second kappa shape index (κ2) is 7.31. The first-order chi connectivity index (χ1) is 10.8. The standard InChI is InChI=1S/C17H23N3OS/c1-21-17-15-3-2-4-16(14(15)6-10-19-17)22-20-11-7-13(5-9-18)8-12-20/h2-4,6,10,13H,5,7-9,11-12,18H2,1H3. The van der Waals surface area contributed by atoms with Crippen LogP contribution in [0.5, 0.6) is 5.88 Å². The van der Waals surface area contributed by atoms with Gasteiger partial charge in [-0.15, -0.1) is 0 Å². The maximum Gasteiger partial charge on any atom is 0.221 e. The third-order valence-corrected chi connectivity index (χ3v) is 5.47. The van der Waals surface area contributed by atoms with Gasteiger partial charge in [0.2, 0.25) is 5.88 Å². The fourth-order valence-corrected chi connectivity index (χ4v) is 4.15. The molecule has 1 aliphatic heterocycles. The van der Waals surface area contributed by atoms with Crippen LogP contribution < -0.4 is 10.5 Å². The van der Waals surface area contributed by atoms with Gasteiger partial charge in [-0.2, -0.15) is 0 Å². The molecule has 1 aliphatic rings. The van der Waals surface area contributed by atoms with Gasteiger partial charge < -0.3 is 10.5 Å². The van der Waals surface area contributed by atoms with Gasteiger partial charge in [-0.05, 0) is 61.9 Å². The van der Waals surface area contributed by atoms with Crippen molar-refractivity contribution in [3.63, 3.8) is 0 Å². The Morgan fingerprint density at radius 1 is 1.27 bits per heavy atom. The molecule has 22 heavy (non-hydrogen) atoms. The molecule has 2 N–H and O–H groups in total. The molecular formula is C17H23N3OS. The lowest BCUT2D eigenvalue weighted by atomic mass is 9.95. The Balaban J connectivity index is 1.75. The molecule has 5 heteroatoms. The van der Waals surface area contributed by atoms with Crippen molar-refractivity contribution < 1.29 is 4.74 Å². The van der Waals surface area contributed by atoms with E-state index in [-0.39, 0.29) is 0 Å². The number of aromatic nitrogens is 1. The van der Waals surface area contributed by atoms with Gasteiger partial charge in [0, 0.05) is 35.0 Å². The van der Waals surface area contributed by atoms with Gasteiger partial charge in [0.1, 0.15) is 0 Å². The summed E-state index contributed by atoms with van der Waals surface area (Å²) < 4.78 is 7.83. The van der Waals surface area contributed by atoms with E-state index < -0.39 is 0 Å². The molecule has 0 spiro atoms. The Morgan fingerprint density at radius 3 is 2.82 bits per heavy atom. The Hall–Kier alpha value is -1.30. The summed E-state index contributed by atoms with van der Waals surface area (Å²) in [5, 5.41) is 2.29. The van der Waals surface area contributed by atoms with Crippen molar-refractivity contribution in [1.29, 1.82) is 0 Å². The van der Waals surface area contributed by atoms with Crippen LogP contribution in [0.25, 0.3) is 10.8 Å². The summed E-state index contributed by atoms with van der Waals surface area (Å²) in [7, 11) is 1.67. The van der Waals surface area contributed by atoms with E-state index in [9.17, 15) is 0 Å². The second-order valence-electron chi connectivity index (χ2n) is 5.71. The van der Waals surface area contributed by atoms with E-state index in [0.29, 0.717) is 5.88 Å². The number of ether oxygens (including phenoxy) is 1. The molecule has 118 valence electrons. The number of nitrogens with two attached hydrogens (primary N) is 1. The van der Waals surface area contributed by atoms with Crippen molar-refractivity contribution in [3.8, 4) is 5.88 Å². The first kappa shape index (κ1) is 15.6. The normalized spacial score (nSPS) is 17.0. The van der Waals surface area contributed by atoms with Gasteiger partial charge in [0.05, 0.1) is 7.11 Å². The molecule has 0 bridgehead atoms. The molecule has 2 aromatic rings. The van der Waals surface area contributed by atoms with Gasteiger partial charge in [-0.25, -0.2) is 9.29 Å². The van der Waals surface area contributed by atoms with Gasteiger partial charge in [0.25, 0.3) is 0 Å². The van der Waals surface area contributed by atoms with Crippen LogP contribution in [0.2, 0.25) is 0 Å². The van der Waals surface area contributed by atoms with E-state index in [1.54, 1.807) is 7.11 Å². The van der Waals surface area contributed by atoms with Crippen molar-refractivity contribution in [1.82, 2.24) is 9.29 Å². The minimum Gasteiger partial charge on any atom is -0.481 e. The summed E-state index contributed by atoms with van der Waals surface area (Å²) in [6, 6.07) is 8.40. The molecule has 2 heterocycles. The number of benzene rings is 1. The predicted octanol–water partition coefficient (Wildman–Crippen LogP) is 3.31. The van der Waals surface area contributed by atoms with Crippen LogP contribution in [0, 0.1) is 5.92 Å². The number of nitrogens with zero attached hydrogens (tertiary/aromatic N) is 2. The van der Waals surface area contributed by atoms with Crippen molar-refractivity contribution >= 4 is 22.7 Å². The molecule has 0 atom stereocenters. The summed E-state index contributed by atoms with van der Waals surface area (Å²) >= 11 is 1.85. The topological polar surface area (TPSA) is 51.4 Å². The monoisotopic (exact) mass is 317 g/mol. The Bertz CT molecular complexity index is 626. The summed E-state index contributed by atoms with van der Waals surface area (Å²) in [5.74, 6) is 1.50. The van der Waals surface area contributed by atoms with Crippen LogP contribution >= 0.6 is 11.9 Å². The van der Waals surface area contributed by atoms with E-state index in [4.69, 9.17) is 10.5 Å². The average molecular weight is 317 g/mol. The lowest BCUT2D eigenvalue weighted by molar-refractivity contribution is 0.282. The molecule has 0 radical (unpaired) electrons. The molecule has 0 amide bonds. The average Bonchev–Trinajstić information content (AvgIpc) is 2.57. The molecule has 0 saturated carbocycles. The Kier molecular flexibility index (Phi) is 5.18. The zero-order valence-electron chi connectivity index (χ0n) is 13.0. The summed E-state index contributed by atoms with van der Waals surface area (Å²) in [6.45, 7) is 3.08. The zero-order valence-corrected chi connectivity index (χ0v) is 13.8. The van der Waals surface area contributed by atoms with E-state index in [1.807, 2.05) is 18.1 Å². The van der Waals surface area contributed by atoms with E-state index in [1.165, 1.54) is 23.1 Å². The quantitative estimate of drug-likeness (QED) is 0.857. The summed E-state index contributed by atoms with van der Waals surface area (Å²) in [4.78, 5) is 5.56. The highest BCUT2D eigenvalue weighted by atomic mass is 32.2. The number of piperidine rings is 1. The lowest BCUT2D eigenvalue weighted by Crippen LogP contribution is -2.29. The van der Waals surface area contributed by atoms with Crippen LogP contribution in [0.15, 0.2) is 35.4 Å². The minimum absolute atomic E-state index is 0.696. The first-order valence-corrected chi connectivity index (χ1v) is 8.64. The number of pyridine rings is 1. The van der Waals surface area contributed by atoms with Crippen LogP contribution in [-0.4, -0.2) is 36.0 Å². The van der Waals surface area contributed by atoms with Crippen LogP contribution in [0.3, 0.4) is 0 Å². The number of hydrogen-bond acceptors (Lipinski definition) is 5. The maximum absolute atomic E-state index is 5.67. The Morgan fingerprint density at radius 2 is 2.09 bits per heavy atom. The highest BCUT2D eigenvalue weighted by molar-refractivity contribution is 7.97. The number of rotatable bonds is 5. The SMILES string of the molecule is COc1nccc2c(SN3CCC(CCN)CC3)cccc12. The number of methoxy groups -OCH3 is 1. The first-order valence-electron chi connectivity index (χ1n) is 7.86. The largest absolute Gasteiger partial charge is 0.481 e. The molecule has 1 fully saturated rings. The van der Waals surface area contributed by atoms with Gasteiger partial charge >= 0.3 is 0 Å². The van der Waals surface area contributed by atoms with Crippen molar-refractivity contribution in [2.75, 3.05) is 26.7 Å². The van der Waals surface area contributed by atoms with Crippen molar-refractivity contribution in [2.24, 2.45) is 11.7 Å². The van der Waals surface area contributed by atoms with Gasteiger partial charge in [0.15, 0.2) is 0 Å². The summed E-state index contributed by atoms with van der Waals surface area (Å²) in [5.41, 5.74) is 5.67. The fourth-order valence-electron chi connectivity index (χ4n) is 3.06. The molecule has 0 aliphatic carbocycles. The lowest BCUT2D eigenvalue weighted by Gasteiger charge is -2.31. The molecular weight excluding hydrogens is 294 g/mol. The van der Waals surface area contributed by atoms with E-state index in [0.717, 1.165) is 37.4 Å². The second-order valence-corrected chi connectivity index (χ2v) is 6.85. The third kappa shape index (κ3) is 3.37. The zero-order chi connectivity index (χ0) is 15.4. The number of hydrogen-bond donors (Lipinski definition) is 1. The van der Waals surface area contributed by atoms with E-state index in [2.05, 4.69) is 33.6 Å². The molecule has 1 aromatic heterocycles. The number of fused-ring (bicyclic) bond motifs is 1. The smallest absolute Gasteiger partial charge is 0.221 e. The van der Waals surface area contributed by atoms with E-state index >= 15 is 0 Å². The van der Waals surface area contributed by atoms with Crippen LogP contribution in [0.4, 0.5) is 0 Å². The van der Waals surface area contributed by atoms with Crippen LogP contribution in [0.1, 0.15) is 19.3 Å². The van der Waals surface area contributed by atoms with Crippen molar-refractivity contribution in [3.05, 3.63) is 30.5 Å². The van der Waals surface area contributed by atoms with Gasteiger partial charge in [-0.1, -0.05) is 6.07 Å². The fraction of sp³-hybridized carbons (Fsp3) is 0.471. The van der Waals surface area contributed by atoms with Gasteiger partial charge in [-0.3, -0.25) is 0 Å². The van der Waals surface area contributed by atoms with Crippen LogP contribution in [-0.2, 0) is 0 Å².